The molecular weight excluding hydrogens is 296 g/mol. The van der Waals surface area contributed by atoms with Gasteiger partial charge < -0.3 is 19.7 Å². The Morgan fingerprint density at radius 1 is 1.39 bits per heavy atom. The van der Waals surface area contributed by atoms with Crippen molar-refractivity contribution in [3.05, 3.63) is 23.2 Å². The van der Waals surface area contributed by atoms with Crippen LogP contribution < -0.4 is 5.32 Å². The number of hydrogen-bond acceptors (Lipinski definition) is 4. The zero-order chi connectivity index (χ0) is 16.6. The molecule has 2 amide bonds. The highest BCUT2D eigenvalue weighted by Gasteiger charge is 2.40. The summed E-state index contributed by atoms with van der Waals surface area (Å²) in [7, 11) is 0. The molecule has 1 aliphatic carbocycles. The van der Waals surface area contributed by atoms with Gasteiger partial charge in [-0.05, 0) is 44.1 Å². The lowest BCUT2D eigenvalue weighted by atomic mass is 9.72. The Labute approximate surface area is 135 Å². The summed E-state index contributed by atoms with van der Waals surface area (Å²) >= 11 is 0. The summed E-state index contributed by atoms with van der Waals surface area (Å²) in [6.45, 7) is 4.70. The lowest BCUT2D eigenvalue weighted by Gasteiger charge is -2.39. The second-order valence-corrected chi connectivity index (χ2v) is 6.78. The molecular formula is C17H24N2O4. The molecule has 126 valence electrons. The Balaban J connectivity index is 1.53. The van der Waals surface area contributed by atoms with Crippen LogP contribution in [0.25, 0.3) is 0 Å². The predicted molar refractivity (Wildman–Crippen MR) is 83.7 cm³/mol. The molecule has 1 atom stereocenters. The number of amides is 2. The first-order valence-electron chi connectivity index (χ1n) is 8.24. The number of carbonyl (C=O) groups excluding carboxylic acids is 2. The maximum atomic E-state index is 12.5. The lowest BCUT2D eigenvalue weighted by Crippen LogP contribution is -2.46. The van der Waals surface area contributed by atoms with E-state index in [-0.39, 0.29) is 18.4 Å². The van der Waals surface area contributed by atoms with Crippen molar-refractivity contribution in [3.63, 3.8) is 0 Å². The number of rotatable bonds is 4. The SMILES string of the molecule is CC(=O)NC1CC(C2CCN(C(=O)c3cc(CO)c(C)o3)C2)C1. The van der Waals surface area contributed by atoms with E-state index < -0.39 is 0 Å². The third-order valence-electron chi connectivity index (χ3n) is 5.16. The summed E-state index contributed by atoms with van der Waals surface area (Å²) in [5, 5.41) is 12.2. The van der Waals surface area contributed by atoms with Gasteiger partial charge in [0.05, 0.1) is 6.61 Å². The van der Waals surface area contributed by atoms with Gasteiger partial charge in [0.2, 0.25) is 5.91 Å². The third kappa shape index (κ3) is 3.27. The standard InChI is InChI=1S/C17H24N2O4/c1-10-14(9-20)7-16(23-10)17(22)19-4-3-12(8-19)13-5-15(6-13)18-11(2)21/h7,12-13,15,20H,3-6,8-9H2,1-2H3,(H,18,21). The van der Waals surface area contributed by atoms with E-state index in [0.29, 0.717) is 35.0 Å². The fourth-order valence-corrected chi connectivity index (χ4v) is 3.75. The van der Waals surface area contributed by atoms with E-state index in [2.05, 4.69) is 5.32 Å². The van der Waals surface area contributed by atoms with Gasteiger partial charge in [0.15, 0.2) is 5.76 Å². The van der Waals surface area contributed by atoms with Crippen LogP contribution in [0.4, 0.5) is 0 Å². The van der Waals surface area contributed by atoms with Gasteiger partial charge in [0.25, 0.3) is 5.91 Å². The molecule has 0 bridgehead atoms. The van der Waals surface area contributed by atoms with Crippen LogP contribution in [-0.2, 0) is 11.4 Å². The maximum absolute atomic E-state index is 12.5. The third-order valence-corrected chi connectivity index (χ3v) is 5.16. The first kappa shape index (κ1) is 16.1. The molecule has 1 aromatic heterocycles. The fourth-order valence-electron chi connectivity index (χ4n) is 3.75. The van der Waals surface area contributed by atoms with Crippen molar-refractivity contribution in [2.24, 2.45) is 11.8 Å². The van der Waals surface area contributed by atoms with Crippen LogP contribution >= 0.6 is 0 Å². The van der Waals surface area contributed by atoms with E-state index in [4.69, 9.17) is 4.42 Å². The molecule has 6 nitrogen and oxygen atoms in total. The van der Waals surface area contributed by atoms with Gasteiger partial charge >= 0.3 is 0 Å². The molecule has 1 aromatic rings. The van der Waals surface area contributed by atoms with Crippen molar-refractivity contribution in [1.82, 2.24) is 10.2 Å². The Hall–Kier alpha value is -1.82. The molecule has 0 radical (unpaired) electrons. The monoisotopic (exact) mass is 320 g/mol. The van der Waals surface area contributed by atoms with Crippen LogP contribution in [0.5, 0.6) is 0 Å². The van der Waals surface area contributed by atoms with Crippen molar-refractivity contribution in [3.8, 4) is 0 Å². The van der Waals surface area contributed by atoms with Gasteiger partial charge in [-0.25, -0.2) is 0 Å². The molecule has 3 rings (SSSR count). The van der Waals surface area contributed by atoms with Crippen molar-refractivity contribution in [2.45, 2.75) is 45.8 Å². The highest BCUT2D eigenvalue weighted by Crippen LogP contribution is 2.39. The van der Waals surface area contributed by atoms with Crippen molar-refractivity contribution < 1.29 is 19.1 Å². The normalized spacial score (nSPS) is 26.9. The molecule has 23 heavy (non-hydrogen) atoms. The summed E-state index contributed by atoms with van der Waals surface area (Å²) in [4.78, 5) is 25.4. The van der Waals surface area contributed by atoms with Crippen LogP contribution in [-0.4, -0.2) is 41.0 Å². The van der Waals surface area contributed by atoms with Crippen molar-refractivity contribution >= 4 is 11.8 Å². The highest BCUT2D eigenvalue weighted by molar-refractivity contribution is 5.92. The van der Waals surface area contributed by atoms with Crippen LogP contribution in [0.3, 0.4) is 0 Å². The first-order chi connectivity index (χ1) is 11.0. The van der Waals surface area contributed by atoms with Gasteiger partial charge in [-0.15, -0.1) is 0 Å². The number of furan rings is 1. The van der Waals surface area contributed by atoms with Crippen molar-refractivity contribution in [2.75, 3.05) is 13.1 Å². The van der Waals surface area contributed by atoms with Crippen LogP contribution in [0.2, 0.25) is 0 Å². The molecule has 2 N–H and O–H groups in total. The average molecular weight is 320 g/mol. The second-order valence-electron chi connectivity index (χ2n) is 6.78. The number of aliphatic hydroxyl groups excluding tert-OH is 1. The van der Waals surface area contributed by atoms with Crippen LogP contribution in [0.1, 0.15) is 48.1 Å². The van der Waals surface area contributed by atoms with E-state index in [1.54, 1.807) is 19.9 Å². The van der Waals surface area contributed by atoms with Gasteiger partial charge in [0.1, 0.15) is 5.76 Å². The molecule has 1 saturated heterocycles. The van der Waals surface area contributed by atoms with Gasteiger partial charge in [-0.3, -0.25) is 9.59 Å². The van der Waals surface area contributed by atoms with E-state index in [0.717, 1.165) is 32.4 Å². The lowest BCUT2D eigenvalue weighted by molar-refractivity contribution is -0.120. The molecule has 1 saturated carbocycles. The molecule has 2 fully saturated rings. The fraction of sp³-hybridized carbons (Fsp3) is 0.647. The first-order valence-corrected chi connectivity index (χ1v) is 8.24. The number of aryl methyl sites for hydroxylation is 1. The Bertz CT molecular complexity index is 604. The smallest absolute Gasteiger partial charge is 0.289 e. The van der Waals surface area contributed by atoms with E-state index in [1.165, 1.54) is 0 Å². The predicted octanol–water partition coefficient (Wildman–Crippen LogP) is 1.46. The van der Waals surface area contributed by atoms with E-state index in [1.807, 2.05) is 4.90 Å². The van der Waals surface area contributed by atoms with E-state index in [9.17, 15) is 14.7 Å². The number of carbonyl (C=O) groups is 2. The Morgan fingerprint density at radius 3 is 2.74 bits per heavy atom. The molecule has 2 heterocycles. The van der Waals surface area contributed by atoms with Crippen molar-refractivity contribution in [1.29, 1.82) is 0 Å². The summed E-state index contributed by atoms with van der Waals surface area (Å²) in [6.07, 6.45) is 3.04. The summed E-state index contributed by atoms with van der Waals surface area (Å²) in [5.74, 6) is 1.96. The number of nitrogens with one attached hydrogen (secondary N) is 1. The molecule has 6 heteroatoms. The Morgan fingerprint density at radius 2 is 2.13 bits per heavy atom. The second kappa shape index (κ2) is 6.35. The molecule has 0 aromatic carbocycles. The number of nitrogens with zero attached hydrogens (tertiary/aromatic N) is 1. The molecule has 0 spiro atoms. The number of likely N-dealkylation sites (tertiary alicyclic amines) is 1. The zero-order valence-corrected chi connectivity index (χ0v) is 13.7. The molecule has 1 unspecified atom stereocenters. The highest BCUT2D eigenvalue weighted by atomic mass is 16.4. The quantitative estimate of drug-likeness (QED) is 0.880. The largest absolute Gasteiger partial charge is 0.456 e. The van der Waals surface area contributed by atoms with E-state index >= 15 is 0 Å². The summed E-state index contributed by atoms with van der Waals surface area (Å²) in [5.41, 5.74) is 0.668. The van der Waals surface area contributed by atoms with Crippen LogP contribution in [0, 0.1) is 18.8 Å². The molecule has 2 aliphatic rings. The summed E-state index contributed by atoms with van der Waals surface area (Å²) in [6, 6.07) is 1.95. The van der Waals surface area contributed by atoms with Gasteiger partial charge in [-0.1, -0.05) is 0 Å². The molecule has 1 aliphatic heterocycles. The number of hydrogen-bond donors (Lipinski definition) is 2. The minimum Gasteiger partial charge on any atom is -0.456 e. The minimum absolute atomic E-state index is 0.0320. The minimum atomic E-state index is -0.113. The zero-order valence-electron chi connectivity index (χ0n) is 13.7. The maximum Gasteiger partial charge on any atom is 0.289 e. The van der Waals surface area contributed by atoms with Gasteiger partial charge in [0, 0.05) is 31.6 Å². The van der Waals surface area contributed by atoms with Crippen LogP contribution in [0.15, 0.2) is 10.5 Å². The Kier molecular flexibility index (Phi) is 4.43. The van der Waals surface area contributed by atoms with Gasteiger partial charge in [-0.2, -0.15) is 0 Å². The summed E-state index contributed by atoms with van der Waals surface area (Å²) < 4.78 is 5.48. The topological polar surface area (TPSA) is 82.8 Å². The number of aliphatic hydroxyl groups is 1. The average Bonchev–Trinajstić information content (AvgIpc) is 3.08.